The minimum Gasteiger partial charge on any atom is -0.489 e. The molecule has 0 spiro atoms. The van der Waals surface area contributed by atoms with Crippen LogP contribution in [-0.4, -0.2) is 23.7 Å². The van der Waals surface area contributed by atoms with Gasteiger partial charge in [-0.2, -0.15) is 0 Å². The van der Waals surface area contributed by atoms with Crippen LogP contribution in [0.3, 0.4) is 0 Å². The third-order valence-corrected chi connectivity index (χ3v) is 3.35. The predicted octanol–water partition coefficient (Wildman–Crippen LogP) is 3.02. The Morgan fingerprint density at radius 2 is 2.21 bits per heavy atom. The predicted molar refractivity (Wildman–Crippen MR) is 74.9 cm³/mol. The summed E-state index contributed by atoms with van der Waals surface area (Å²) in [6, 6.07) is 6.23. The lowest BCUT2D eigenvalue weighted by molar-refractivity contribution is -0.137. The van der Waals surface area contributed by atoms with Gasteiger partial charge in [-0.3, -0.25) is 4.79 Å². The van der Waals surface area contributed by atoms with Gasteiger partial charge in [0.05, 0.1) is 11.7 Å². The topological polar surface area (TPSA) is 58.6 Å². The Labute approximate surface area is 113 Å². The second kappa shape index (κ2) is 5.11. The largest absolute Gasteiger partial charge is 0.489 e. The maximum Gasteiger partial charge on any atom is 0.303 e. The average Bonchev–Trinajstić information content (AvgIpc) is 2.34. The molecule has 1 heterocycles. The molecule has 1 aliphatic rings. The molecule has 2 rings (SSSR count). The SMILES string of the molecule is CC(C)(C)c1ccc2c(c1)NC(CCC(=O)O)CO2. The second-order valence-electron chi connectivity index (χ2n) is 6.05. The zero-order chi connectivity index (χ0) is 14.0. The van der Waals surface area contributed by atoms with Crippen molar-refractivity contribution in [3.8, 4) is 5.75 Å². The fraction of sp³-hybridized carbons (Fsp3) is 0.533. The van der Waals surface area contributed by atoms with Crippen LogP contribution in [0.2, 0.25) is 0 Å². The van der Waals surface area contributed by atoms with Crippen molar-refractivity contribution in [1.29, 1.82) is 0 Å². The first-order chi connectivity index (χ1) is 8.86. The Morgan fingerprint density at radius 3 is 2.84 bits per heavy atom. The Balaban J connectivity index is 2.12. The van der Waals surface area contributed by atoms with Gasteiger partial charge in [0.2, 0.25) is 0 Å². The summed E-state index contributed by atoms with van der Waals surface area (Å²) in [6.45, 7) is 7.02. The molecule has 104 valence electrons. The molecule has 1 aliphatic heterocycles. The summed E-state index contributed by atoms with van der Waals surface area (Å²) >= 11 is 0. The molecule has 1 aromatic rings. The molecule has 0 saturated heterocycles. The summed E-state index contributed by atoms with van der Waals surface area (Å²) in [5.41, 5.74) is 2.29. The van der Waals surface area contributed by atoms with E-state index in [9.17, 15) is 4.79 Å². The molecule has 0 amide bonds. The van der Waals surface area contributed by atoms with Gasteiger partial charge in [-0.15, -0.1) is 0 Å². The molecule has 0 radical (unpaired) electrons. The first kappa shape index (κ1) is 13.7. The number of carboxylic acids is 1. The molecule has 1 unspecified atom stereocenters. The molecule has 19 heavy (non-hydrogen) atoms. The van der Waals surface area contributed by atoms with Crippen LogP contribution < -0.4 is 10.1 Å². The Kier molecular flexibility index (Phi) is 3.69. The molecule has 0 saturated carbocycles. The summed E-state index contributed by atoms with van der Waals surface area (Å²) in [5.74, 6) is 0.0793. The van der Waals surface area contributed by atoms with Crippen LogP contribution in [0.4, 0.5) is 5.69 Å². The highest BCUT2D eigenvalue weighted by Gasteiger charge is 2.22. The smallest absolute Gasteiger partial charge is 0.303 e. The number of ether oxygens (including phenoxy) is 1. The highest BCUT2D eigenvalue weighted by molar-refractivity contribution is 5.67. The normalized spacial score (nSPS) is 18.2. The van der Waals surface area contributed by atoms with Gasteiger partial charge in [0.25, 0.3) is 0 Å². The summed E-state index contributed by atoms with van der Waals surface area (Å²) in [6.07, 6.45) is 0.740. The number of rotatable bonds is 3. The van der Waals surface area contributed by atoms with Gasteiger partial charge >= 0.3 is 5.97 Å². The number of hydrogen-bond donors (Lipinski definition) is 2. The van der Waals surface area contributed by atoms with Crippen molar-refractivity contribution in [2.45, 2.75) is 45.1 Å². The molecule has 1 aromatic carbocycles. The lowest BCUT2D eigenvalue weighted by atomic mass is 9.86. The summed E-state index contributed by atoms with van der Waals surface area (Å²) in [4.78, 5) is 10.6. The zero-order valence-corrected chi connectivity index (χ0v) is 11.7. The third kappa shape index (κ3) is 3.40. The fourth-order valence-corrected chi connectivity index (χ4v) is 2.14. The molecule has 0 aliphatic carbocycles. The van der Waals surface area contributed by atoms with E-state index in [1.54, 1.807) is 0 Å². The van der Waals surface area contributed by atoms with Crippen molar-refractivity contribution in [2.75, 3.05) is 11.9 Å². The molecule has 0 aromatic heterocycles. The van der Waals surface area contributed by atoms with E-state index >= 15 is 0 Å². The molecule has 1 atom stereocenters. The van der Waals surface area contributed by atoms with E-state index in [0.29, 0.717) is 13.0 Å². The van der Waals surface area contributed by atoms with Crippen LogP contribution in [0.5, 0.6) is 5.75 Å². The second-order valence-corrected chi connectivity index (χ2v) is 6.05. The van der Waals surface area contributed by atoms with E-state index in [1.807, 2.05) is 6.07 Å². The van der Waals surface area contributed by atoms with Gasteiger partial charge in [-0.1, -0.05) is 26.8 Å². The number of hydrogen-bond acceptors (Lipinski definition) is 3. The monoisotopic (exact) mass is 263 g/mol. The first-order valence-corrected chi connectivity index (χ1v) is 6.62. The van der Waals surface area contributed by atoms with Crippen LogP contribution in [0.1, 0.15) is 39.2 Å². The van der Waals surface area contributed by atoms with E-state index in [1.165, 1.54) is 5.56 Å². The van der Waals surface area contributed by atoms with Crippen molar-refractivity contribution in [3.05, 3.63) is 23.8 Å². The van der Waals surface area contributed by atoms with Gasteiger partial charge in [-0.05, 0) is 29.5 Å². The molecule has 4 heteroatoms. The summed E-state index contributed by atoms with van der Waals surface area (Å²) in [7, 11) is 0. The highest BCUT2D eigenvalue weighted by Crippen LogP contribution is 2.34. The zero-order valence-electron chi connectivity index (χ0n) is 11.7. The molecule has 0 bridgehead atoms. The quantitative estimate of drug-likeness (QED) is 0.880. The van der Waals surface area contributed by atoms with Gasteiger partial charge in [0.15, 0.2) is 0 Å². The Morgan fingerprint density at radius 1 is 1.47 bits per heavy atom. The first-order valence-electron chi connectivity index (χ1n) is 6.62. The number of benzene rings is 1. The molecular formula is C15H21NO3. The number of nitrogens with one attached hydrogen (secondary N) is 1. The van der Waals surface area contributed by atoms with Crippen molar-refractivity contribution in [2.24, 2.45) is 0 Å². The maximum absolute atomic E-state index is 10.6. The lowest BCUT2D eigenvalue weighted by Gasteiger charge is -2.29. The number of carboxylic acid groups (broad SMARTS) is 1. The van der Waals surface area contributed by atoms with Crippen LogP contribution in [0, 0.1) is 0 Å². The van der Waals surface area contributed by atoms with Crippen LogP contribution >= 0.6 is 0 Å². The van der Waals surface area contributed by atoms with E-state index in [4.69, 9.17) is 9.84 Å². The Bertz CT molecular complexity index is 477. The lowest BCUT2D eigenvalue weighted by Crippen LogP contribution is -2.32. The highest BCUT2D eigenvalue weighted by atomic mass is 16.5. The number of carbonyl (C=O) groups is 1. The third-order valence-electron chi connectivity index (χ3n) is 3.35. The van der Waals surface area contributed by atoms with Gasteiger partial charge < -0.3 is 15.2 Å². The van der Waals surface area contributed by atoms with Crippen LogP contribution in [-0.2, 0) is 10.2 Å². The van der Waals surface area contributed by atoms with Gasteiger partial charge in [0.1, 0.15) is 12.4 Å². The fourth-order valence-electron chi connectivity index (χ4n) is 2.14. The van der Waals surface area contributed by atoms with Gasteiger partial charge in [0, 0.05) is 6.42 Å². The standard InChI is InChI=1S/C15H21NO3/c1-15(2,3)10-4-6-13-12(8-10)16-11(9-19-13)5-7-14(17)18/h4,6,8,11,16H,5,7,9H2,1-3H3,(H,17,18). The summed E-state index contributed by atoms with van der Waals surface area (Å²) < 4.78 is 5.68. The van der Waals surface area contributed by atoms with Gasteiger partial charge in [-0.25, -0.2) is 0 Å². The van der Waals surface area contributed by atoms with E-state index in [2.05, 4.69) is 38.2 Å². The van der Waals surface area contributed by atoms with Crippen molar-refractivity contribution >= 4 is 11.7 Å². The van der Waals surface area contributed by atoms with Crippen LogP contribution in [0.15, 0.2) is 18.2 Å². The van der Waals surface area contributed by atoms with Crippen molar-refractivity contribution in [1.82, 2.24) is 0 Å². The van der Waals surface area contributed by atoms with Crippen molar-refractivity contribution in [3.63, 3.8) is 0 Å². The molecule has 0 fully saturated rings. The molecule has 4 nitrogen and oxygen atoms in total. The molecular weight excluding hydrogens is 242 g/mol. The minimum atomic E-state index is -0.768. The van der Waals surface area contributed by atoms with E-state index < -0.39 is 5.97 Å². The number of anilines is 1. The Hall–Kier alpha value is -1.71. The van der Waals surface area contributed by atoms with E-state index in [-0.39, 0.29) is 17.9 Å². The minimum absolute atomic E-state index is 0.0684. The molecule has 2 N–H and O–H groups in total. The van der Waals surface area contributed by atoms with E-state index in [0.717, 1.165) is 11.4 Å². The van der Waals surface area contributed by atoms with Crippen LogP contribution in [0.25, 0.3) is 0 Å². The average molecular weight is 263 g/mol. The maximum atomic E-state index is 10.6. The summed E-state index contributed by atoms with van der Waals surface area (Å²) in [5, 5.41) is 12.1. The number of fused-ring (bicyclic) bond motifs is 1. The van der Waals surface area contributed by atoms with Crippen molar-refractivity contribution < 1.29 is 14.6 Å². The number of aliphatic carboxylic acids is 1.